The third kappa shape index (κ3) is 6.51. The third-order valence-corrected chi connectivity index (χ3v) is 4.50. The molecule has 0 aliphatic carbocycles. The fourth-order valence-electron chi connectivity index (χ4n) is 2.90. The molecule has 6 heteroatoms. The molecule has 1 N–H and O–H groups in total. The third-order valence-electron chi connectivity index (χ3n) is 4.50. The molecular weight excluding hydrogens is 359 g/mol. The molecule has 0 aliphatic rings. The number of carbonyl (C=O) groups is 2. The van der Waals surface area contributed by atoms with Crippen molar-refractivity contribution in [1.82, 2.24) is 10.2 Å². The minimum atomic E-state index is -0.326. The zero-order valence-electron chi connectivity index (χ0n) is 17.0. The van der Waals surface area contributed by atoms with Crippen LogP contribution < -0.4 is 5.32 Å². The number of aryl methyl sites for hydroxylation is 2. The van der Waals surface area contributed by atoms with Crippen LogP contribution in [0.3, 0.4) is 0 Å². The summed E-state index contributed by atoms with van der Waals surface area (Å²) in [6.45, 7) is 8.93. The highest BCUT2D eigenvalue weighted by Crippen LogP contribution is 2.18. The van der Waals surface area contributed by atoms with Gasteiger partial charge < -0.3 is 14.6 Å². The first-order chi connectivity index (χ1) is 13.3. The van der Waals surface area contributed by atoms with Crippen LogP contribution in [0.5, 0.6) is 0 Å². The van der Waals surface area contributed by atoms with Crippen molar-refractivity contribution < 1.29 is 18.4 Å². The SMILES string of the molecule is Cc1cc(C(=O)N(CCC(=O)NCCC(C)C)Cc2ccc(F)cc2)c(C)o1. The van der Waals surface area contributed by atoms with Gasteiger partial charge in [-0.05, 0) is 49.9 Å². The van der Waals surface area contributed by atoms with Gasteiger partial charge >= 0.3 is 0 Å². The van der Waals surface area contributed by atoms with Gasteiger partial charge in [-0.1, -0.05) is 26.0 Å². The monoisotopic (exact) mass is 388 g/mol. The molecule has 1 heterocycles. The van der Waals surface area contributed by atoms with E-state index in [1.165, 1.54) is 12.1 Å². The molecule has 0 unspecified atom stereocenters. The predicted molar refractivity (Wildman–Crippen MR) is 106 cm³/mol. The Bertz CT molecular complexity index is 797. The summed E-state index contributed by atoms with van der Waals surface area (Å²) in [6.07, 6.45) is 1.12. The minimum Gasteiger partial charge on any atom is -0.466 e. The highest BCUT2D eigenvalue weighted by molar-refractivity contribution is 5.95. The number of nitrogens with zero attached hydrogens (tertiary/aromatic N) is 1. The maximum absolute atomic E-state index is 13.2. The lowest BCUT2D eigenvalue weighted by atomic mass is 10.1. The molecule has 28 heavy (non-hydrogen) atoms. The predicted octanol–water partition coefficient (Wildman–Crippen LogP) is 4.23. The van der Waals surface area contributed by atoms with Gasteiger partial charge in [0.2, 0.25) is 5.91 Å². The molecular formula is C22H29FN2O3. The van der Waals surface area contributed by atoms with Gasteiger partial charge in [0.15, 0.2) is 0 Å². The summed E-state index contributed by atoms with van der Waals surface area (Å²) < 4.78 is 18.7. The lowest BCUT2D eigenvalue weighted by molar-refractivity contribution is -0.121. The van der Waals surface area contributed by atoms with Crippen molar-refractivity contribution in [2.24, 2.45) is 5.92 Å². The summed E-state index contributed by atoms with van der Waals surface area (Å²) in [5.74, 6) is 1.12. The molecule has 0 saturated heterocycles. The summed E-state index contributed by atoms with van der Waals surface area (Å²) in [4.78, 5) is 26.8. The molecule has 2 aromatic rings. The molecule has 0 radical (unpaired) electrons. The van der Waals surface area contributed by atoms with E-state index in [1.54, 1.807) is 36.9 Å². The quantitative estimate of drug-likeness (QED) is 0.699. The van der Waals surface area contributed by atoms with Crippen LogP contribution in [0, 0.1) is 25.6 Å². The molecule has 2 rings (SSSR count). The molecule has 2 amide bonds. The first-order valence-corrected chi connectivity index (χ1v) is 9.63. The lowest BCUT2D eigenvalue weighted by Crippen LogP contribution is -2.35. The van der Waals surface area contributed by atoms with E-state index in [4.69, 9.17) is 4.42 Å². The summed E-state index contributed by atoms with van der Waals surface area (Å²) >= 11 is 0. The normalized spacial score (nSPS) is 10.9. The first-order valence-electron chi connectivity index (χ1n) is 9.63. The summed E-state index contributed by atoms with van der Waals surface area (Å²) in [7, 11) is 0. The Morgan fingerprint density at radius 2 is 1.86 bits per heavy atom. The van der Waals surface area contributed by atoms with Crippen LogP contribution in [-0.2, 0) is 11.3 Å². The van der Waals surface area contributed by atoms with E-state index in [-0.39, 0.29) is 30.6 Å². The Labute approximate surface area is 165 Å². The molecule has 0 saturated carbocycles. The number of benzene rings is 1. The van der Waals surface area contributed by atoms with Crippen LogP contribution in [0.4, 0.5) is 4.39 Å². The average molecular weight is 388 g/mol. The second kappa shape index (κ2) is 10.1. The summed E-state index contributed by atoms with van der Waals surface area (Å²) in [5.41, 5.74) is 1.28. The number of furan rings is 1. The second-order valence-corrected chi connectivity index (χ2v) is 7.46. The number of hydrogen-bond donors (Lipinski definition) is 1. The van der Waals surface area contributed by atoms with Crippen molar-refractivity contribution in [1.29, 1.82) is 0 Å². The van der Waals surface area contributed by atoms with Gasteiger partial charge in [-0.25, -0.2) is 4.39 Å². The number of hydrogen-bond acceptors (Lipinski definition) is 3. The van der Waals surface area contributed by atoms with E-state index >= 15 is 0 Å². The largest absolute Gasteiger partial charge is 0.466 e. The molecule has 152 valence electrons. The second-order valence-electron chi connectivity index (χ2n) is 7.46. The fourth-order valence-corrected chi connectivity index (χ4v) is 2.90. The maximum Gasteiger partial charge on any atom is 0.257 e. The number of nitrogens with one attached hydrogen (secondary N) is 1. The number of halogens is 1. The van der Waals surface area contributed by atoms with Crippen molar-refractivity contribution in [3.63, 3.8) is 0 Å². The average Bonchev–Trinajstić information content (AvgIpc) is 2.97. The Morgan fingerprint density at radius 3 is 2.43 bits per heavy atom. The highest BCUT2D eigenvalue weighted by Gasteiger charge is 2.21. The van der Waals surface area contributed by atoms with Crippen molar-refractivity contribution >= 4 is 11.8 Å². The van der Waals surface area contributed by atoms with E-state index in [0.717, 1.165) is 12.0 Å². The molecule has 0 aliphatic heterocycles. The van der Waals surface area contributed by atoms with Gasteiger partial charge in [-0.2, -0.15) is 0 Å². The molecule has 0 fully saturated rings. The van der Waals surface area contributed by atoms with Crippen LogP contribution in [0.15, 0.2) is 34.7 Å². The molecule has 0 atom stereocenters. The smallest absolute Gasteiger partial charge is 0.257 e. The molecule has 0 spiro atoms. The first kappa shape index (κ1) is 21.7. The molecule has 0 bridgehead atoms. The zero-order valence-corrected chi connectivity index (χ0v) is 17.0. The molecule has 1 aromatic carbocycles. The molecule has 5 nitrogen and oxygen atoms in total. The number of carbonyl (C=O) groups excluding carboxylic acids is 2. The Balaban J connectivity index is 2.07. The van der Waals surface area contributed by atoms with Crippen LogP contribution >= 0.6 is 0 Å². The van der Waals surface area contributed by atoms with E-state index in [2.05, 4.69) is 19.2 Å². The molecule has 1 aromatic heterocycles. The van der Waals surface area contributed by atoms with Crippen LogP contribution in [0.2, 0.25) is 0 Å². The van der Waals surface area contributed by atoms with Crippen LogP contribution in [-0.4, -0.2) is 29.8 Å². The van der Waals surface area contributed by atoms with Gasteiger partial charge in [0.25, 0.3) is 5.91 Å². The Morgan fingerprint density at radius 1 is 1.18 bits per heavy atom. The van der Waals surface area contributed by atoms with Gasteiger partial charge in [0.1, 0.15) is 17.3 Å². The van der Waals surface area contributed by atoms with Crippen molar-refractivity contribution in [2.45, 2.75) is 47.1 Å². The summed E-state index contributed by atoms with van der Waals surface area (Å²) in [6, 6.07) is 7.73. The van der Waals surface area contributed by atoms with Gasteiger partial charge in [-0.3, -0.25) is 9.59 Å². The van der Waals surface area contributed by atoms with E-state index in [0.29, 0.717) is 36.1 Å². The highest BCUT2D eigenvalue weighted by atomic mass is 19.1. The van der Waals surface area contributed by atoms with E-state index in [1.807, 2.05) is 0 Å². The van der Waals surface area contributed by atoms with Crippen molar-refractivity contribution in [3.05, 3.63) is 58.8 Å². The lowest BCUT2D eigenvalue weighted by Gasteiger charge is -2.22. The van der Waals surface area contributed by atoms with E-state index in [9.17, 15) is 14.0 Å². The van der Waals surface area contributed by atoms with Gasteiger partial charge in [-0.15, -0.1) is 0 Å². The number of amides is 2. The van der Waals surface area contributed by atoms with Crippen molar-refractivity contribution in [3.8, 4) is 0 Å². The van der Waals surface area contributed by atoms with Crippen LogP contribution in [0.25, 0.3) is 0 Å². The van der Waals surface area contributed by atoms with Crippen LogP contribution in [0.1, 0.15) is 54.1 Å². The minimum absolute atomic E-state index is 0.0855. The summed E-state index contributed by atoms with van der Waals surface area (Å²) in [5, 5.41) is 2.89. The topological polar surface area (TPSA) is 62.6 Å². The van der Waals surface area contributed by atoms with E-state index < -0.39 is 0 Å². The number of rotatable bonds is 9. The maximum atomic E-state index is 13.2. The zero-order chi connectivity index (χ0) is 20.7. The fraction of sp³-hybridized carbons (Fsp3) is 0.455. The van der Waals surface area contributed by atoms with Gasteiger partial charge in [0.05, 0.1) is 5.56 Å². The van der Waals surface area contributed by atoms with Crippen molar-refractivity contribution in [2.75, 3.05) is 13.1 Å². The Kier molecular flexibility index (Phi) is 7.79. The standard InChI is InChI=1S/C22H29FN2O3/c1-15(2)9-11-24-21(26)10-12-25(14-18-5-7-19(23)8-6-18)22(27)20-13-16(3)28-17(20)4/h5-8,13,15H,9-12,14H2,1-4H3,(H,24,26). The van der Waals surface area contributed by atoms with Gasteiger partial charge in [0, 0.05) is 26.1 Å². The Hall–Kier alpha value is -2.63.